The number of methoxy groups -OCH3 is 1. The number of aromatic nitrogens is 4. The average molecular weight is 360 g/mol. The van der Waals surface area contributed by atoms with Crippen molar-refractivity contribution in [2.24, 2.45) is 0 Å². The first-order chi connectivity index (χ1) is 12.1. The molecule has 0 saturated carbocycles. The summed E-state index contributed by atoms with van der Waals surface area (Å²) >= 11 is 1.17. The molecule has 0 atom stereocenters. The van der Waals surface area contributed by atoms with Gasteiger partial charge < -0.3 is 20.4 Å². The molecule has 3 rings (SSSR count). The zero-order valence-corrected chi connectivity index (χ0v) is 14.4. The molecule has 0 aliphatic rings. The molecule has 0 unspecified atom stereocenters. The summed E-state index contributed by atoms with van der Waals surface area (Å²) in [6.07, 6.45) is 0. The van der Waals surface area contributed by atoms with Gasteiger partial charge in [-0.3, -0.25) is 4.79 Å². The maximum absolute atomic E-state index is 11.9. The maximum Gasteiger partial charge on any atom is 0.236 e. The molecule has 0 spiro atoms. The van der Waals surface area contributed by atoms with Crippen molar-refractivity contribution in [3.63, 3.8) is 0 Å². The van der Waals surface area contributed by atoms with Crippen LogP contribution in [-0.2, 0) is 4.79 Å². The van der Waals surface area contributed by atoms with Gasteiger partial charge in [0.2, 0.25) is 11.1 Å². The number of hydrogen-bond donors (Lipinski definition) is 2. The molecule has 0 fully saturated rings. The van der Waals surface area contributed by atoms with Crippen LogP contribution in [0.3, 0.4) is 0 Å². The largest absolute Gasteiger partial charge is 0.497 e. The number of carbonyl (C=O) groups is 1. The lowest BCUT2D eigenvalue weighted by Crippen LogP contribution is -2.16. The first-order valence-corrected chi connectivity index (χ1v) is 8.26. The van der Waals surface area contributed by atoms with E-state index < -0.39 is 0 Å². The van der Waals surface area contributed by atoms with E-state index in [1.807, 2.05) is 24.3 Å². The van der Waals surface area contributed by atoms with Crippen LogP contribution in [0.5, 0.6) is 5.75 Å². The summed E-state index contributed by atoms with van der Waals surface area (Å²) in [4.78, 5) is 11.9. The van der Waals surface area contributed by atoms with Gasteiger partial charge in [-0.1, -0.05) is 16.9 Å². The SMILES string of the molecule is COc1ccc(-c2nnc(SCC(=O)Nc3cc(C)on3)n2N)cc1. The van der Waals surface area contributed by atoms with Gasteiger partial charge in [-0.05, 0) is 31.2 Å². The van der Waals surface area contributed by atoms with Gasteiger partial charge in [0.1, 0.15) is 11.5 Å². The summed E-state index contributed by atoms with van der Waals surface area (Å²) in [6, 6.07) is 8.92. The summed E-state index contributed by atoms with van der Waals surface area (Å²) in [5.41, 5.74) is 0.796. The molecule has 1 aromatic carbocycles. The molecule has 25 heavy (non-hydrogen) atoms. The van der Waals surface area contributed by atoms with Crippen LogP contribution in [-0.4, -0.2) is 38.8 Å². The lowest BCUT2D eigenvalue weighted by molar-refractivity contribution is -0.113. The highest BCUT2D eigenvalue weighted by atomic mass is 32.2. The predicted molar refractivity (Wildman–Crippen MR) is 92.8 cm³/mol. The summed E-state index contributed by atoms with van der Waals surface area (Å²) in [5, 5.41) is 14.9. The quantitative estimate of drug-likeness (QED) is 0.503. The Morgan fingerprint density at radius 2 is 2.12 bits per heavy atom. The van der Waals surface area contributed by atoms with E-state index in [0.717, 1.165) is 11.3 Å². The third-order valence-electron chi connectivity index (χ3n) is 3.24. The Hall–Kier alpha value is -3.01. The maximum atomic E-state index is 11.9. The number of nitrogens with two attached hydrogens (primary N) is 1. The van der Waals surface area contributed by atoms with Gasteiger partial charge in [-0.2, -0.15) is 0 Å². The van der Waals surface area contributed by atoms with Crippen molar-refractivity contribution in [3.8, 4) is 17.1 Å². The van der Waals surface area contributed by atoms with Crippen LogP contribution < -0.4 is 15.9 Å². The monoisotopic (exact) mass is 360 g/mol. The van der Waals surface area contributed by atoms with Gasteiger partial charge in [-0.15, -0.1) is 10.2 Å². The van der Waals surface area contributed by atoms with Crippen molar-refractivity contribution in [2.75, 3.05) is 24.0 Å². The molecule has 10 heteroatoms. The Balaban J connectivity index is 1.63. The fourth-order valence-corrected chi connectivity index (χ4v) is 2.70. The molecule has 3 N–H and O–H groups in total. The number of hydrogen-bond acceptors (Lipinski definition) is 8. The van der Waals surface area contributed by atoms with Crippen molar-refractivity contribution >= 4 is 23.5 Å². The standard InChI is InChI=1S/C15H16N6O3S/c1-9-7-12(20-24-9)17-13(22)8-25-15-19-18-14(21(15)16)10-3-5-11(23-2)6-4-10/h3-7H,8,16H2,1-2H3,(H,17,20,22). The minimum absolute atomic E-state index is 0.115. The molecule has 0 bridgehead atoms. The number of ether oxygens (including phenoxy) is 1. The minimum Gasteiger partial charge on any atom is -0.497 e. The Bertz CT molecular complexity index is 874. The van der Waals surface area contributed by atoms with Crippen LogP contribution in [0.1, 0.15) is 5.76 Å². The van der Waals surface area contributed by atoms with Crippen molar-refractivity contribution < 1.29 is 14.1 Å². The number of nitrogen functional groups attached to an aromatic ring is 1. The third-order valence-corrected chi connectivity index (χ3v) is 4.18. The molecular weight excluding hydrogens is 344 g/mol. The van der Waals surface area contributed by atoms with Crippen LogP contribution >= 0.6 is 11.8 Å². The Labute approximate surface area is 147 Å². The zero-order chi connectivity index (χ0) is 17.8. The number of rotatable bonds is 6. The molecule has 2 heterocycles. The van der Waals surface area contributed by atoms with E-state index in [2.05, 4.69) is 20.7 Å². The Morgan fingerprint density at radius 1 is 1.36 bits per heavy atom. The smallest absolute Gasteiger partial charge is 0.236 e. The van der Waals surface area contributed by atoms with Crippen molar-refractivity contribution in [2.45, 2.75) is 12.1 Å². The van der Waals surface area contributed by atoms with E-state index >= 15 is 0 Å². The number of nitrogens with zero attached hydrogens (tertiary/aromatic N) is 4. The number of aryl methyl sites for hydroxylation is 1. The highest BCUT2D eigenvalue weighted by Crippen LogP contribution is 2.23. The average Bonchev–Trinajstić information content (AvgIpc) is 3.19. The van der Waals surface area contributed by atoms with Crippen molar-refractivity contribution in [1.82, 2.24) is 20.0 Å². The normalized spacial score (nSPS) is 10.6. The van der Waals surface area contributed by atoms with E-state index in [1.54, 1.807) is 20.1 Å². The lowest BCUT2D eigenvalue weighted by Gasteiger charge is -2.05. The number of amides is 1. The van der Waals surface area contributed by atoms with Crippen LogP contribution in [0.2, 0.25) is 0 Å². The summed E-state index contributed by atoms with van der Waals surface area (Å²) in [7, 11) is 1.60. The number of benzene rings is 1. The lowest BCUT2D eigenvalue weighted by atomic mass is 10.2. The van der Waals surface area contributed by atoms with Gasteiger partial charge in [0.25, 0.3) is 0 Å². The van der Waals surface area contributed by atoms with Crippen molar-refractivity contribution in [3.05, 3.63) is 36.1 Å². The molecule has 9 nitrogen and oxygen atoms in total. The Morgan fingerprint density at radius 3 is 2.76 bits per heavy atom. The van der Waals surface area contributed by atoms with Crippen molar-refractivity contribution in [1.29, 1.82) is 0 Å². The topological polar surface area (TPSA) is 121 Å². The fraction of sp³-hybridized carbons (Fsp3) is 0.200. The number of anilines is 1. The minimum atomic E-state index is -0.243. The van der Waals surface area contributed by atoms with Crippen LogP contribution in [0, 0.1) is 6.92 Å². The van der Waals surface area contributed by atoms with Gasteiger partial charge in [0.15, 0.2) is 11.6 Å². The molecule has 0 aliphatic carbocycles. The van der Waals surface area contributed by atoms with E-state index in [1.165, 1.54) is 16.4 Å². The van der Waals surface area contributed by atoms with Gasteiger partial charge in [0, 0.05) is 11.6 Å². The second kappa shape index (κ2) is 7.26. The summed E-state index contributed by atoms with van der Waals surface area (Å²) < 4.78 is 11.4. The molecule has 1 amide bonds. The number of carbonyl (C=O) groups excluding carboxylic acids is 1. The van der Waals surface area contributed by atoms with E-state index in [9.17, 15) is 4.79 Å². The zero-order valence-electron chi connectivity index (χ0n) is 13.6. The van der Waals surface area contributed by atoms with Gasteiger partial charge in [0.05, 0.1) is 12.9 Å². The van der Waals surface area contributed by atoms with Crippen LogP contribution in [0.4, 0.5) is 5.82 Å². The summed E-state index contributed by atoms with van der Waals surface area (Å²) in [6.45, 7) is 1.75. The molecule has 2 aromatic heterocycles. The molecule has 130 valence electrons. The first kappa shape index (κ1) is 16.8. The van der Waals surface area contributed by atoms with Gasteiger partial charge in [-0.25, -0.2) is 4.68 Å². The predicted octanol–water partition coefficient (Wildman–Crippen LogP) is 1.69. The second-order valence-electron chi connectivity index (χ2n) is 5.06. The molecule has 3 aromatic rings. The Kier molecular flexibility index (Phi) is 4.89. The van der Waals surface area contributed by atoms with E-state index in [0.29, 0.717) is 22.6 Å². The number of nitrogens with one attached hydrogen (secondary N) is 1. The molecular formula is C15H16N6O3S. The molecule has 0 aliphatic heterocycles. The van der Waals surface area contributed by atoms with Crippen LogP contribution in [0.15, 0.2) is 40.0 Å². The third kappa shape index (κ3) is 3.91. The molecule has 0 radical (unpaired) electrons. The number of thioether (sulfide) groups is 1. The van der Waals surface area contributed by atoms with E-state index in [4.69, 9.17) is 15.1 Å². The highest BCUT2D eigenvalue weighted by Gasteiger charge is 2.14. The van der Waals surface area contributed by atoms with Gasteiger partial charge >= 0.3 is 0 Å². The fourth-order valence-electron chi connectivity index (χ4n) is 2.05. The van der Waals surface area contributed by atoms with E-state index in [-0.39, 0.29) is 11.7 Å². The molecule has 0 saturated heterocycles. The summed E-state index contributed by atoms with van der Waals surface area (Å²) in [5.74, 6) is 8.13. The highest BCUT2D eigenvalue weighted by molar-refractivity contribution is 7.99. The second-order valence-corrected chi connectivity index (χ2v) is 6.01. The first-order valence-electron chi connectivity index (χ1n) is 7.27. The van der Waals surface area contributed by atoms with Crippen LogP contribution in [0.25, 0.3) is 11.4 Å².